The molecule has 0 saturated heterocycles. The number of carbonyl (C=O) groups excluding carboxylic acids is 1. The van der Waals surface area contributed by atoms with Crippen molar-refractivity contribution in [1.82, 2.24) is 10.3 Å². The fourth-order valence-corrected chi connectivity index (χ4v) is 1.73. The molecular formula is C15H18N2O2. The van der Waals surface area contributed by atoms with Crippen molar-refractivity contribution >= 4 is 5.91 Å². The minimum absolute atomic E-state index is 0.0944. The molecule has 19 heavy (non-hydrogen) atoms. The van der Waals surface area contributed by atoms with Gasteiger partial charge in [0, 0.05) is 19.2 Å². The predicted octanol–water partition coefficient (Wildman–Crippen LogP) is 3.15. The van der Waals surface area contributed by atoms with E-state index in [2.05, 4.69) is 17.2 Å². The average molecular weight is 258 g/mol. The molecule has 0 aliphatic rings. The van der Waals surface area contributed by atoms with Crippen LogP contribution in [0, 0.1) is 0 Å². The second-order valence-electron chi connectivity index (χ2n) is 4.41. The maximum atomic E-state index is 11.5. The van der Waals surface area contributed by atoms with E-state index in [0.29, 0.717) is 13.0 Å². The van der Waals surface area contributed by atoms with Gasteiger partial charge in [-0.05, 0) is 30.2 Å². The fraction of sp³-hybridized carbons (Fsp3) is 0.333. The van der Waals surface area contributed by atoms with E-state index < -0.39 is 0 Å². The van der Waals surface area contributed by atoms with Gasteiger partial charge < -0.3 is 9.73 Å². The molecule has 0 bridgehead atoms. The quantitative estimate of drug-likeness (QED) is 0.866. The van der Waals surface area contributed by atoms with Gasteiger partial charge in [-0.2, -0.15) is 0 Å². The smallest absolute Gasteiger partial charge is 0.220 e. The third-order valence-electron chi connectivity index (χ3n) is 2.85. The number of carbonyl (C=O) groups is 1. The predicted molar refractivity (Wildman–Crippen MR) is 73.3 cm³/mol. The van der Waals surface area contributed by atoms with Crippen LogP contribution in [-0.4, -0.2) is 10.9 Å². The van der Waals surface area contributed by atoms with Crippen LogP contribution >= 0.6 is 0 Å². The Hall–Kier alpha value is -2.10. The van der Waals surface area contributed by atoms with Gasteiger partial charge in [0.25, 0.3) is 0 Å². The summed E-state index contributed by atoms with van der Waals surface area (Å²) in [6.07, 6.45) is 5.94. The summed E-state index contributed by atoms with van der Waals surface area (Å²) >= 11 is 0. The molecular weight excluding hydrogens is 240 g/mol. The first-order valence-electron chi connectivity index (χ1n) is 6.55. The van der Waals surface area contributed by atoms with Gasteiger partial charge in [0.1, 0.15) is 5.69 Å². The topological polar surface area (TPSA) is 55.1 Å². The van der Waals surface area contributed by atoms with Crippen molar-refractivity contribution in [1.29, 1.82) is 0 Å². The molecule has 2 aromatic rings. The van der Waals surface area contributed by atoms with E-state index in [1.54, 1.807) is 12.5 Å². The van der Waals surface area contributed by atoms with Gasteiger partial charge in [-0.15, -0.1) is 0 Å². The van der Waals surface area contributed by atoms with Crippen LogP contribution in [0.25, 0.3) is 11.5 Å². The van der Waals surface area contributed by atoms with Gasteiger partial charge in [-0.1, -0.05) is 19.4 Å². The number of nitrogens with one attached hydrogen (secondary N) is 1. The lowest BCUT2D eigenvalue weighted by molar-refractivity contribution is -0.121. The molecule has 4 nitrogen and oxygen atoms in total. The molecule has 0 unspecified atom stereocenters. The highest BCUT2D eigenvalue weighted by atomic mass is 16.3. The monoisotopic (exact) mass is 258 g/mol. The summed E-state index contributed by atoms with van der Waals surface area (Å²) in [6, 6.07) is 7.55. The molecule has 0 fully saturated rings. The number of pyridine rings is 1. The molecule has 0 saturated carbocycles. The standard InChI is InChI=1S/C15H18N2O2/c1-2-3-6-15(18)17-11-12-7-8-13(16-10-12)14-5-4-9-19-14/h4-5,7-10H,2-3,6,11H2,1H3,(H,17,18). The van der Waals surface area contributed by atoms with E-state index in [-0.39, 0.29) is 5.91 Å². The zero-order chi connectivity index (χ0) is 13.5. The Morgan fingerprint density at radius 1 is 1.37 bits per heavy atom. The van der Waals surface area contributed by atoms with Crippen LogP contribution in [0.5, 0.6) is 0 Å². The molecule has 4 heteroatoms. The van der Waals surface area contributed by atoms with Gasteiger partial charge in [0.05, 0.1) is 6.26 Å². The van der Waals surface area contributed by atoms with E-state index in [4.69, 9.17) is 4.42 Å². The van der Waals surface area contributed by atoms with E-state index >= 15 is 0 Å². The second kappa shape index (κ2) is 6.73. The number of unbranched alkanes of at least 4 members (excludes halogenated alkanes) is 1. The molecule has 100 valence electrons. The number of nitrogens with zero attached hydrogens (tertiary/aromatic N) is 1. The summed E-state index contributed by atoms with van der Waals surface area (Å²) in [7, 11) is 0. The molecule has 0 radical (unpaired) electrons. The first-order chi connectivity index (χ1) is 9.29. The lowest BCUT2D eigenvalue weighted by atomic mass is 10.2. The van der Waals surface area contributed by atoms with Crippen LogP contribution in [0.1, 0.15) is 31.7 Å². The molecule has 2 rings (SSSR count). The molecule has 0 aliphatic carbocycles. The molecule has 0 spiro atoms. The van der Waals surface area contributed by atoms with Crippen LogP contribution < -0.4 is 5.32 Å². The maximum Gasteiger partial charge on any atom is 0.220 e. The van der Waals surface area contributed by atoms with Crippen LogP contribution in [0.4, 0.5) is 0 Å². The van der Waals surface area contributed by atoms with Crippen molar-refractivity contribution in [2.24, 2.45) is 0 Å². The Morgan fingerprint density at radius 2 is 2.26 bits per heavy atom. The van der Waals surface area contributed by atoms with Crippen molar-refractivity contribution in [3.05, 3.63) is 42.3 Å². The Kier molecular flexibility index (Phi) is 4.72. The summed E-state index contributed by atoms with van der Waals surface area (Å²) in [6.45, 7) is 2.60. The molecule has 2 heterocycles. The lowest BCUT2D eigenvalue weighted by Gasteiger charge is -2.05. The van der Waals surface area contributed by atoms with Gasteiger partial charge in [0.2, 0.25) is 5.91 Å². The minimum Gasteiger partial charge on any atom is -0.463 e. The third kappa shape index (κ3) is 3.95. The van der Waals surface area contributed by atoms with Gasteiger partial charge >= 0.3 is 0 Å². The Labute approximate surface area is 112 Å². The number of hydrogen-bond donors (Lipinski definition) is 1. The summed E-state index contributed by atoms with van der Waals surface area (Å²) < 4.78 is 5.27. The van der Waals surface area contributed by atoms with Crippen molar-refractivity contribution in [3.8, 4) is 11.5 Å². The van der Waals surface area contributed by atoms with Crippen LogP contribution in [0.2, 0.25) is 0 Å². The lowest BCUT2D eigenvalue weighted by Crippen LogP contribution is -2.22. The summed E-state index contributed by atoms with van der Waals surface area (Å²) in [5, 5.41) is 2.89. The summed E-state index contributed by atoms with van der Waals surface area (Å²) in [4.78, 5) is 15.8. The highest BCUT2D eigenvalue weighted by molar-refractivity contribution is 5.75. The van der Waals surface area contributed by atoms with Crippen molar-refractivity contribution in [2.45, 2.75) is 32.7 Å². The Bertz CT molecular complexity index is 503. The van der Waals surface area contributed by atoms with E-state index in [1.807, 2.05) is 24.3 Å². The van der Waals surface area contributed by atoms with Gasteiger partial charge in [-0.3, -0.25) is 9.78 Å². The van der Waals surface area contributed by atoms with E-state index in [1.165, 1.54) is 0 Å². The number of rotatable bonds is 6. The molecule has 0 aromatic carbocycles. The summed E-state index contributed by atoms with van der Waals surface area (Å²) in [5.74, 6) is 0.843. The largest absolute Gasteiger partial charge is 0.463 e. The van der Waals surface area contributed by atoms with Crippen molar-refractivity contribution in [2.75, 3.05) is 0 Å². The molecule has 0 atom stereocenters. The molecule has 1 amide bonds. The van der Waals surface area contributed by atoms with Crippen molar-refractivity contribution < 1.29 is 9.21 Å². The van der Waals surface area contributed by atoms with Crippen molar-refractivity contribution in [3.63, 3.8) is 0 Å². The highest BCUT2D eigenvalue weighted by Crippen LogP contribution is 2.16. The second-order valence-corrected chi connectivity index (χ2v) is 4.41. The number of aromatic nitrogens is 1. The molecule has 2 aromatic heterocycles. The Morgan fingerprint density at radius 3 is 2.89 bits per heavy atom. The SMILES string of the molecule is CCCCC(=O)NCc1ccc(-c2ccco2)nc1. The highest BCUT2D eigenvalue weighted by Gasteiger charge is 2.03. The number of furan rings is 1. The zero-order valence-electron chi connectivity index (χ0n) is 11.1. The first-order valence-corrected chi connectivity index (χ1v) is 6.55. The van der Waals surface area contributed by atoms with Crippen LogP contribution in [0.3, 0.4) is 0 Å². The van der Waals surface area contributed by atoms with Crippen LogP contribution in [0.15, 0.2) is 41.1 Å². The van der Waals surface area contributed by atoms with Gasteiger partial charge in [0.15, 0.2) is 5.76 Å². The summed E-state index contributed by atoms with van der Waals surface area (Å²) in [5.41, 5.74) is 1.78. The third-order valence-corrected chi connectivity index (χ3v) is 2.85. The molecule has 1 N–H and O–H groups in total. The number of amides is 1. The normalized spacial score (nSPS) is 10.4. The fourth-order valence-electron chi connectivity index (χ4n) is 1.73. The molecule has 0 aliphatic heterocycles. The maximum absolute atomic E-state index is 11.5. The van der Waals surface area contributed by atoms with Gasteiger partial charge in [-0.25, -0.2) is 0 Å². The van der Waals surface area contributed by atoms with E-state index in [9.17, 15) is 4.79 Å². The average Bonchev–Trinajstić information content (AvgIpc) is 2.97. The minimum atomic E-state index is 0.0944. The van der Waals surface area contributed by atoms with Crippen LogP contribution in [-0.2, 0) is 11.3 Å². The Balaban J connectivity index is 1.87. The first kappa shape index (κ1) is 13.3. The zero-order valence-corrected chi connectivity index (χ0v) is 11.1. The number of hydrogen-bond acceptors (Lipinski definition) is 3. The van der Waals surface area contributed by atoms with E-state index in [0.717, 1.165) is 29.9 Å².